The molecule has 0 spiro atoms. The van der Waals surface area contributed by atoms with E-state index >= 15 is 0 Å². The maximum absolute atomic E-state index is 11.6. The minimum absolute atomic E-state index is 0.114. The maximum atomic E-state index is 11.6. The maximum Gasteiger partial charge on any atom is 0.133 e. The summed E-state index contributed by atoms with van der Waals surface area (Å²) in [5, 5.41) is 0. The summed E-state index contributed by atoms with van der Waals surface area (Å²) in [6.45, 7) is 0.589. The molecule has 5 nitrogen and oxygen atoms in total. The fraction of sp³-hybridized carbons (Fsp3) is 0.765. The first-order valence-corrected chi connectivity index (χ1v) is 8.07. The number of hydrogen-bond acceptors (Lipinski definition) is 5. The number of Topliss-reactive ketones (excluding diaryl/α,β-unsaturated/α-hetero) is 3. The quantitative estimate of drug-likeness (QED) is 0.323. The second-order valence-electron chi connectivity index (χ2n) is 5.48. The van der Waals surface area contributed by atoms with E-state index in [1.807, 2.05) is 0 Å². The van der Waals surface area contributed by atoms with E-state index in [4.69, 9.17) is 4.74 Å². The van der Waals surface area contributed by atoms with Crippen LogP contribution in [0.2, 0.25) is 0 Å². The van der Waals surface area contributed by atoms with Gasteiger partial charge in [-0.3, -0.25) is 14.4 Å². The third kappa shape index (κ3) is 13.6. The fourth-order valence-electron chi connectivity index (χ4n) is 2.14. The van der Waals surface area contributed by atoms with E-state index in [1.165, 1.54) is 0 Å². The number of ether oxygens (including phenoxy) is 1. The van der Waals surface area contributed by atoms with Crippen molar-refractivity contribution in [1.82, 2.24) is 0 Å². The van der Waals surface area contributed by atoms with E-state index in [2.05, 4.69) is 0 Å². The van der Waals surface area contributed by atoms with Gasteiger partial charge in [-0.2, -0.15) is 0 Å². The molecule has 0 aromatic rings. The molecule has 22 heavy (non-hydrogen) atoms. The molecule has 0 aliphatic heterocycles. The molecular formula is C17H28O5. The molecule has 0 bridgehead atoms. The highest BCUT2D eigenvalue weighted by Gasteiger charge is 2.07. The van der Waals surface area contributed by atoms with Crippen LogP contribution in [0.1, 0.15) is 70.6 Å². The van der Waals surface area contributed by atoms with Crippen molar-refractivity contribution in [3.05, 3.63) is 0 Å². The van der Waals surface area contributed by atoms with Crippen LogP contribution < -0.4 is 0 Å². The molecule has 0 saturated heterocycles. The molecule has 0 atom stereocenters. The highest BCUT2D eigenvalue weighted by atomic mass is 16.5. The molecule has 0 aliphatic rings. The summed E-state index contributed by atoms with van der Waals surface area (Å²) in [4.78, 5) is 44.7. The topological polar surface area (TPSA) is 77.5 Å². The Balaban J connectivity index is 3.51. The van der Waals surface area contributed by atoms with E-state index in [9.17, 15) is 19.2 Å². The van der Waals surface area contributed by atoms with Crippen molar-refractivity contribution in [3.8, 4) is 0 Å². The third-order valence-corrected chi connectivity index (χ3v) is 3.40. The van der Waals surface area contributed by atoms with Gasteiger partial charge in [0, 0.05) is 58.7 Å². The molecule has 0 amide bonds. The lowest BCUT2D eigenvalue weighted by Gasteiger charge is -2.02. The molecule has 126 valence electrons. The minimum Gasteiger partial charge on any atom is -0.385 e. The molecule has 0 fully saturated rings. The Hall–Kier alpha value is -1.36. The monoisotopic (exact) mass is 312 g/mol. The van der Waals surface area contributed by atoms with Crippen molar-refractivity contribution in [2.45, 2.75) is 70.6 Å². The lowest BCUT2D eigenvalue weighted by Crippen LogP contribution is -2.04. The number of carbonyl (C=O) groups is 4. The number of aldehydes is 1. The lowest BCUT2D eigenvalue weighted by molar-refractivity contribution is -0.120. The molecule has 0 unspecified atom stereocenters. The van der Waals surface area contributed by atoms with Crippen LogP contribution in [-0.4, -0.2) is 37.4 Å². The Labute approximate surface area is 132 Å². The van der Waals surface area contributed by atoms with E-state index in [-0.39, 0.29) is 17.3 Å². The van der Waals surface area contributed by atoms with Crippen LogP contribution >= 0.6 is 0 Å². The van der Waals surface area contributed by atoms with E-state index in [0.29, 0.717) is 70.8 Å². The second kappa shape index (κ2) is 14.6. The van der Waals surface area contributed by atoms with E-state index < -0.39 is 0 Å². The number of methoxy groups -OCH3 is 1. The van der Waals surface area contributed by atoms with E-state index in [0.717, 1.165) is 12.7 Å². The molecule has 0 saturated carbocycles. The van der Waals surface area contributed by atoms with Gasteiger partial charge < -0.3 is 9.53 Å². The Kier molecular flexibility index (Phi) is 13.7. The Morgan fingerprint density at radius 1 is 0.727 bits per heavy atom. The van der Waals surface area contributed by atoms with Crippen molar-refractivity contribution in [2.75, 3.05) is 13.7 Å². The smallest absolute Gasteiger partial charge is 0.133 e. The standard InChI is InChI=1S/C17H28O5/c1-22-14-6-12-17(21)11-5-10-16(20)9-4-8-15(19)7-2-3-13-18/h13H,2-12,14H2,1H3. The predicted octanol–water partition coefficient (Wildman–Crippen LogP) is 2.83. The number of unbranched alkanes of at least 4 members (excludes halogenated alkanes) is 1. The molecule has 0 radical (unpaired) electrons. The van der Waals surface area contributed by atoms with Crippen LogP contribution in [0.3, 0.4) is 0 Å². The largest absolute Gasteiger partial charge is 0.385 e. The van der Waals surface area contributed by atoms with Gasteiger partial charge in [-0.15, -0.1) is 0 Å². The van der Waals surface area contributed by atoms with Crippen molar-refractivity contribution in [3.63, 3.8) is 0 Å². The van der Waals surface area contributed by atoms with Crippen LogP contribution in [0.25, 0.3) is 0 Å². The molecule has 0 aliphatic carbocycles. The summed E-state index contributed by atoms with van der Waals surface area (Å²) in [6.07, 6.45) is 6.32. The summed E-state index contributed by atoms with van der Waals surface area (Å²) in [7, 11) is 1.61. The zero-order valence-corrected chi connectivity index (χ0v) is 13.6. The predicted molar refractivity (Wildman–Crippen MR) is 83.7 cm³/mol. The summed E-state index contributed by atoms with van der Waals surface area (Å²) >= 11 is 0. The second-order valence-corrected chi connectivity index (χ2v) is 5.48. The number of hydrogen-bond donors (Lipinski definition) is 0. The van der Waals surface area contributed by atoms with Gasteiger partial charge in [0.2, 0.25) is 0 Å². The van der Waals surface area contributed by atoms with Gasteiger partial charge in [0.25, 0.3) is 0 Å². The Morgan fingerprint density at radius 3 is 1.55 bits per heavy atom. The number of rotatable bonds is 16. The SMILES string of the molecule is COCCCC(=O)CCCC(=O)CCCC(=O)CCCC=O. The van der Waals surface area contributed by atoms with Crippen LogP contribution in [0.5, 0.6) is 0 Å². The minimum atomic E-state index is 0.114. The van der Waals surface area contributed by atoms with Crippen molar-refractivity contribution in [1.29, 1.82) is 0 Å². The molecule has 0 rings (SSSR count). The highest BCUT2D eigenvalue weighted by molar-refractivity contribution is 5.82. The van der Waals surface area contributed by atoms with Gasteiger partial charge in [0.05, 0.1) is 0 Å². The highest BCUT2D eigenvalue weighted by Crippen LogP contribution is 2.08. The number of ketones is 3. The van der Waals surface area contributed by atoms with Gasteiger partial charge in [0.1, 0.15) is 23.6 Å². The van der Waals surface area contributed by atoms with Crippen LogP contribution in [0, 0.1) is 0 Å². The van der Waals surface area contributed by atoms with Gasteiger partial charge in [-0.1, -0.05) is 0 Å². The van der Waals surface area contributed by atoms with Gasteiger partial charge in [-0.25, -0.2) is 0 Å². The average molecular weight is 312 g/mol. The zero-order valence-electron chi connectivity index (χ0n) is 13.6. The first-order valence-electron chi connectivity index (χ1n) is 8.07. The third-order valence-electron chi connectivity index (χ3n) is 3.40. The fourth-order valence-corrected chi connectivity index (χ4v) is 2.14. The average Bonchev–Trinajstić information content (AvgIpc) is 2.48. The Bertz CT molecular complexity index is 349. The summed E-state index contributed by atoms with van der Waals surface area (Å²) in [6, 6.07) is 0. The van der Waals surface area contributed by atoms with Crippen molar-refractivity contribution < 1.29 is 23.9 Å². The molecular weight excluding hydrogens is 284 g/mol. The van der Waals surface area contributed by atoms with Crippen LogP contribution in [0.15, 0.2) is 0 Å². The zero-order chi connectivity index (χ0) is 16.6. The molecule has 0 aromatic heterocycles. The van der Waals surface area contributed by atoms with Crippen molar-refractivity contribution in [2.24, 2.45) is 0 Å². The van der Waals surface area contributed by atoms with Gasteiger partial charge in [-0.05, 0) is 25.7 Å². The normalized spacial score (nSPS) is 10.4. The number of carbonyl (C=O) groups excluding carboxylic acids is 4. The summed E-state index contributed by atoms with van der Waals surface area (Å²) in [5.74, 6) is 0.406. The van der Waals surface area contributed by atoms with E-state index in [1.54, 1.807) is 7.11 Å². The first-order chi connectivity index (χ1) is 10.6. The molecule has 0 heterocycles. The first kappa shape index (κ1) is 20.6. The molecule has 5 heteroatoms. The lowest BCUT2D eigenvalue weighted by atomic mass is 10.0. The van der Waals surface area contributed by atoms with Gasteiger partial charge in [0.15, 0.2) is 0 Å². The van der Waals surface area contributed by atoms with Gasteiger partial charge >= 0.3 is 0 Å². The van der Waals surface area contributed by atoms with Crippen molar-refractivity contribution >= 4 is 23.6 Å². The van der Waals surface area contributed by atoms with Crippen LogP contribution in [-0.2, 0) is 23.9 Å². The van der Waals surface area contributed by atoms with Crippen LogP contribution in [0.4, 0.5) is 0 Å². The summed E-state index contributed by atoms with van der Waals surface area (Å²) in [5.41, 5.74) is 0. The Morgan fingerprint density at radius 2 is 1.14 bits per heavy atom. The molecule has 0 aromatic carbocycles. The molecule has 0 N–H and O–H groups in total. The summed E-state index contributed by atoms with van der Waals surface area (Å²) < 4.78 is 4.88.